The van der Waals surface area contributed by atoms with E-state index in [1.807, 2.05) is 74.2 Å². The molecule has 1 unspecified atom stereocenters. The summed E-state index contributed by atoms with van der Waals surface area (Å²) in [4.78, 5) is 15.5. The van der Waals surface area contributed by atoms with Gasteiger partial charge in [-0.25, -0.2) is 0 Å². The van der Waals surface area contributed by atoms with Crippen LogP contribution in [0.3, 0.4) is 0 Å². The molecule has 0 saturated heterocycles. The molecule has 2 N–H and O–H groups in total. The number of hydrogen-bond donors (Lipinski definition) is 2. The van der Waals surface area contributed by atoms with E-state index in [2.05, 4.69) is 10.2 Å². The first kappa shape index (κ1) is 23.0. The average Bonchev–Trinajstić information content (AvgIpc) is 3.37. The topological polar surface area (TPSA) is 78.5 Å². The second kappa shape index (κ2) is 9.12. The van der Waals surface area contributed by atoms with Gasteiger partial charge >= 0.3 is 0 Å². The first-order valence-electron chi connectivity index (χ1n) is 11.5. The number of carbonyl (C=O) groups excluding carboxylic acids is 1. The number of aryl methyl sites for hydroxylation is 2. The lowest BCUT2D eigenvalue weighted by atomic mass is 9.95. The number of nitrogens with one attached hydrogen (secondary N) is 1. The number of aromatic amines is 1. The Bertz CT molecular complexity index is 1410. The van der Waals surface area contributed by atoms with E-state index in [1.165, 1.54) is 0 Å². The van der Waals surface area contributed by atoms with Crippen LogP contribution >= 0.6 is 11.6 Å². The van der Waals surface area contributed by atoms with Gasteiger partial charge in [-0.1, -0.05) is 53.6 Å². The predicted octanol–water partition coefficient (Wildman–Crippen LogP) is 6.20. The van der Waals surface area contributed by atoms with Crippen LogP contribution in [-0.4, -0.2) is 32.7 Å². The minimum absolute atomic E-state index is 0.0625. The van der Waals surface area contributed by atoms with Crippen molar-refractivity contribution in [3.63, 3.8) is 0 Å². The predicted molar refractivity (Wildman–Crippen MR) is 136 cm³/mol. The smallest absolute Gasteiger partial charge is 0.273 e. The van der Waals surface area contributed by atoms with Gasteiger partial charge in [-0.2, -0.15) is 5.10 Å². The van der Waals surface area contributed by atoms with Crippen molar-refractivity contribution in [3.8, 4) is 22.8 Å². The van der Waals surface area contributed by atoms with Gasteiger partial charge in [-0.15, -0.1) is 0 Å². The Kier molecular flexibility index (Phi) is 5.99. The fourth-order valence-electron chi connectivity index (χ4n) is 4.60. The van der Waals surface area contributed by atoms with Gasteiger partial charge in [0.25, 0.3) is 5.91 Å². The number of aromatic nitrogens is 2. The van der Waals surface area contributed by atoms with Crippen LogP contribution < -0.4 is 4.74 Å². The van der Waals surface area contributed by atoms with Crippen LogP contribution in [0.4, 0.5) is 0 Å². The third-order valence-electron chi connectivity index (χ3n) is 6.35. The molecule has 7 heteroatoms. The van der Waals surface area contributed by atoms with Gasteiger partial charge < -0.3 is 14.7 Å². The van der Waals surface area contributed by atoms with E-state index < -0.39 is 6.04 Å². The number of benzene rings is 3. The molecular weight excluding hydrogens is 462 g/mol. The van der Waals surface area contributed by atoms with Crippen molar-refractivity contribution in [3.05, 3.63) is 99.2 Å². The molecule has 0 bridgehead atoms. The van der Waals surface area contributed by atoms with E-state index in [0.717, 1.165) is 28.0 Å². The maximum atomic E-state index is 13.6. The number of halogens is 1. The highest BCUT2D eigenvalue weighted by Gasteiger charge is 2.42. The highest BCUT2D eigenvalue weighted by Crippen LogP contribution is 2.46. The molecule has 0 spiro atoms. The van der Waals surface area contributed by atoms with E-state index in [9.17, 15) is 9.90 Å². The van der Waals surface area contributed by atoms with E-state index in [0.29, 0.717) is 40.7 Å². The molecule has 1 amide bonds. The van der Waals surface area contributed by atoms with Gasteiger partial charge in [0.05, 0.1) is 12.6 Å². The minimum atomic E-state index is -0.424. The second-order valence-electron chi connectivity index (χ2n) is 8.81. The van der Waals surface area contributed by atoms with Crippen molar-refractivity contribution in [1.29, 1.82) is 0 Å². The summed E-state index contributed by atoms with van der Waals surface area (Å²) in [5.74, 6) is 0.642. The van der Waals surface area contributed by atoms with Crippen LogP contribution in [0.1, 0.15) is 51.3 Å². The number of carbonyl (C=O) groups is 1. The molecule has 0 aliphatic carbocycles. The molecular formula is C28H26ClN3O3. The maximum Gasteiger partial charge on any atom is 0.273 e. The molecule has 1 aliphatic rings. The van der Waals surface area contributed by atoms with Crippen LogP contribution in [-0.2, 0) is 6.54 Å². The Balaban J connectivity index is 1.67. The number of fused-ring (bicyclic) bond motifs is 1. The fourth-order valence-corrected chi connectivity index (χ4v) is 4.76. The summed E-state index contributed by atoms with van der Waals surface area (Å²) in [6.45, 7) is 6.76. The van der Waals surface area contributed by atoms with Gasteiger partial charge in [0.2, 0.25) is 0 Å². The highest BCUT2D eigenvalue weighted by molar-refractivity contribution is 6.31. The van der Waals surface area contributed by atoms with Crippen molar-refractivity contribution in [2.75, 3.05) is 6.61 Å². The zero-order valence-electron chi connectivity index (χ0n) is 19.8. The lowest BCUT2D eigenvalue weighted by molar-refractivity contribution is 0.0730. The molecule has 35 heavy (non-hydrogen) atoms. The van der Waals surface area contributed by atoms with Gasteiger partial charge in [-0.3, -0.25) is 9.89 Å². The number of aromatic hydroxyl groups is 1. The number of H-pyrrole nitrogens is 1. The lowest BCUT2D eigenvalue weighted by Crippen LogP contribution is -2.29. The Morgan fingerprint density at radius 3 is 2.63 bits per heavy atom. The zero-order chi connectivity index (χ0) is 24.7. The Hall–Kier alpha value is -3.77. The van der Waals surface area contributed by atoms with Gasteiger partial charge in [0, 0.05) is 22.7 Å². The molecule has 6 nitrogen and oxygen atoms in total. The first-order valence-corrected chi connectivity index (χ1v) is 11.9. The van der Waals surface area contributed by atoms with Crippen LogP contribution in [0.2, 0.25) is 5.02 Å². The van der Waals surface area contributed by atoms with Crippen LogP contribution in [0.15, 0.2) is 60.7 Å². The summed E-state index contributed by atoms with van der Waals surface area (Å²) in [6, 6.07) is 18.8. The van der Waals surface area contributed by atoms with Gasteiger partial charge in [0.15, 0.2) is 0 Å². The third-order valence-corrected chi connectivity index (χ3v) is 6.76. The number of nitrogens with zero attached hydrogens (tertiary/aromatic N) is 2. The normalized spacial score (nSPS) is 14.9. The molecule has 1 atom stereocenters. The summed E-state index contributed by atoms with van der Waals surface area (Å²) < 4.78 is 5.75. The summed E-state index contributed by atoms with van der Waals surface area (Å²) in [6.07, 6.45) is 0. The quantitative estimate of drug-likeness (QED) is 0.339. The SMILES string of the molecule is CCOc1cccc(C2c3c(-c4cc(Cl)c(C)cc4O)n[nH]c3C(=O)N2Cc2ccc(C)cc2)c1. The molecule has 0 radical (unpaired) electrons. The van der Waals surface area contributed by atoms with Crippen molar-refractivity contribution in [1.82, 2.24) is 15.1 Å². The highest BCUT2D eigenvalue weighted by atomic mass is 35.5. The summed E-state index contributed by atoms with van der Waals surface area (Å²) >= 11 is 6.40. The molecule has 1 aromatic heterocycles. The number of rotatable bonds is 6. The first-order chi connectivity index (χ1) is 16.9. The van der Waals surface area contributed by atoms with E-state index >= 15 is 0 Å². The minimum Gasteiger partial charge on any atom is -0.507 e. The van der Waals surface area contributed by atoms with E-state index in [-0.39, 0.29) is 11.7 Å². The van der Waals surface area contributed by atoms with Crippen molar-refractivity contribution in [2.24, 2.45) is 0 Å². The van der Waals surface area contributed by atoms with Crippen LogP contribution in [0.25, 0.3) is 11.3 Å². The number of ether oxygens (including phenoxy) is 1. The molecule has 5 rings (SSSR count). The van der Waals surface area contributed by atoms with Crippen LogP contribution in [0, 0.1) is 13.8 Å². The van der Waals surface area contributed by atoms with Crippen molar-refractivity contribution >= 4 is 17.5 Å². The molecule has 2 heterocycles. The number of phenols is 1. The monoisotopic (exact) mass is 487 g/mol. The maximum absolute atomic E-state index is 13.6. The van der Waals surface area contributed by atoms with Gasteiger partial charge in [-0.05, 0) is 61.7 Å². The van der Waals surface area contributed by atoms with Crippen molar-refractivity contribution < 1.29 is 14.6 Å². The number of amides is 1. The summed E-state index contributed by atoms with van der Waals surface area (Å²) in [7, 11) is 0. The summed E-state index contributed by atoms with van der Waals surface area (Å²) in [5, 5.41) is 18.7. The molecule has 4 aromatic rings. The number of phenolic OH excluding ortho intramolecular Hbond substituents is 1. The third kappa shape index (κ3) is 4.15. The van der Waals surface area contributed by atoms with Crippen LogP contribution in [0.5, 0.6) is 11.5 Å². The largest absolute Gasteiger partial charge is 0.507 e. The number of hydrogen-bond acceptors (Lipinski definition) is 4. The lowest BCUT2D eigenvalue weighted by Gasteiger charge is -2.27. The summed E-state index contributed by atoms with van der Waals surface area (Å²) in [5.41, 5.74) is 5.95. The van der Waals surface area contributed by atoms with Gasteiger partial charge in [0.1, 0.15) is 22.9 Å². The van der Waals surface area contributed by atoms with Crippen molar-refractivity contribution in [2.45, 2.75) is 33.4 Å². The Morgan fingerprint density at radius 2 is 1.89 bits per heavy atom. The van der Waals surface area contributed by atoms with E-state index in [4.69, 9.17) is 16.3 Å². The molecule has 3 aromatic carbocycles. The zero-order valence-corrected chi connectivity index (χ0v) is 20.6. The Labute approximate surface area is 209 Å². The standard InChI is InChI=1S/C28H26ClN3O3/c1-4-35-20-7-5-6-19(13-20)27-24-25(21-14-22(29)17(3)12-23(21)33)30-31-26(24)28(34)32(27)15-18-10-8-16(2)9-11-18/h5-14,27,33H,4,15H2,1-3H3,(H,30,31). The average molecular weight is 488 g/mol. The van der Waals surface area contributed by atoms with E-state index in [1.54, 1.807) is 12.1 Å². The second-order valence-corrected chi connectivity index (χ2v) is 9.21. The molecule has 0 fully saturated rings. The molecule has 0 saturated carbocycles. The Morgan fingerprint density at radius 1 is 1.11 bits per heavy atom. The fraction of sp³-hybridized carbons (Fsp3) is 0.214. The molecule has 178 valence electrons. The molecule has 1 aliphatic heterocycles.